The molecular formula is C24H29NO5. The van der Waals surface area contributed by atoms with Crippen molar-refractivity contribution in [2.75, 3.05) is 32.8 Å². The molecule has 1 atom stereocenters. The third-order valence-corrected chi connectivity index (χ3v) is 6.41. The number of fused-ring (bicyclic) bond motifs is 2. The van der Waals surface area contributed by atoms with Crippen molar-refractivity contribution in [3.05, 3.63) is 60.4 Å². The number of carbonyl (C=O) groups is 1. The number of rotatable bonds is 8. The number of likely N-dealkylation sites (tertiary alicyclic amines) is 1. The SMILES string of the molecule is C=CC1=C(C=C)OC(COc2ccc3c(c2)OCC32CCN(CCC(=O)O)CC2)C1. The van der Waals surface area contributed by atoms with Crippen molar-refractivity contribution >= 4 is 5.97 Å². The van der Waals surface area contributed by atoms with Crippen molar-refractivity contribution in [1.82, 2.24) is 4.90 Å². The number of hydrogen-bond donors (Lipinski definition) is 1. The first kappa shape index (κ1) is 20.5. The lowest BCUT2D eigenvalue weighted by molar-refractivity contribution is -0.137. The molecule has 1 aromatic rings. The normalized spacial score (nSPS) is 22.3. The molecule has 1 fully saturated rings. The molecule has 6 nitrogen and oxygen atoms in total. The Hall–Kier alpha value is -2.73. The molecule has 3 aliphatic rings. The second kappa shape index (κ2) is 8.56. The van der Waals surface area contributed by atoms with Gasteiger partial charge in [-0.05, 0) is 43.6 Å². The van der Waals surface area contributed by atoms with E-state index in [-0.39, 0.29) is 17.9 Å². The molecule has 3 aliphatic heterocycles. The molecule has 1 saturated heterocycles. The Balaban J connectivity index is 1.34. The third kappa shape index (κ3) is 4.10. The largest absolute Gasteiger partial charge is 0.492 e. The lowest BCUT2D eigenvalue weighted by Crippen LogP contribution is -2.44. The van der Waals surface area contributed by atoms with Crippen molar-refractivity contribution in [2.24, 2.45) is 0 Å². The molecule has 160 valence electrons. The summed E-state index contributed by atoms with van der Waals surface area (Å²) in [6.07, 6.45) is 6.42. The minimum Gasteiger partial charge on any atom is -0.492 e. The van der Waals surface area contributed by atoms with Crippen LogP contribution in [-0.2, 0) is 14.9 Å². The maximum absolute atomic E-state index is 10.8. The average molecular weight is 411 g/mol. The van der Waals surface area contributed by atoms with Crippen molar-refractivity contribution in [3.63, 3.8) is 0 Å². The number of nitrogens with zero attached hydrogens (tertiary/aromatic N) is 1. The van der Waals surface area contributed by atoms with Gasteiger partial charge >= 0.3 is 5.97 Å². The Morgan fingerprint density at radius 3 is 2.77 bits per heavy atom. The fraction of sp³-hybridized carbons (Fsp3) is 0.458. The number of aliphatic carboxylic acids is 1. The summed E-state index contributed by atoms with van der Waals surface area (Å²) in [5.74, 6) is 1.72. The van der Waals surface area contributed by atoms with E-state index in [2.05, 4.69) is 24.1 Å². The standard InChI is InChI=1S/C24H29NO5/c1-3-17-13-19(30-21(17)4-2)15-28-18-5-6-20-22(14-18)29-16-24(20)8-11-25(12-9-24)10-7-23(26)27/h3-6,14,19H,1-2,7-13,15-16H2,(H,26,27). The number of carboxylic acid groups (broad SMARTS) is 1. The van der Waals surface area contributed by atoms with Crippen LogP contribution in [0.3, 0.4) is 0 Å². The predicted molar refractivity (Wildman–Crippen MR) is 114 cm³/mol. The molecule has 6 heteroatoms. The average Bonchev–Trinajstić information content (AvgIpc) is 3.33. The highest BCUT2D eigenvalue weighted by Crippen LogP contribution is 2.46. The highest BCUT2D eigenvalue weighted by Gasteiger charge is 2.43. The fourth-order valence-electron chi connectivity index (χ4n) is 4.60. The first-order valence-electron chi connectivity index (χ1n) is 10.5. The number of carboxylic acids is 1. The highest BCUT2D eigenvalue weighted by atomic mass is 16.5. The van der Waals surface area contributed by atoms with E-state index in [0.29, 0.717) is 19.8 Å². The van der Waals surface area contributed by atoms with Gasteiger partial charge in [0.05, 0.1) is 13.0 Å². The first-order chi connectivity index (χ1) is 14.5. The van der Waals surface area contributed by atoms with E-state index in [0.717, 1.165) is 55.2 Å². The molecule has 0 aromatic heterocycles. The summed E-state index contributed by atoms with van der Waals surface area (Å²) in [4.78, 5) is 13.0. The van der Waals surface area contributed by atoms with Gasteiger partial charge < -0.3 is 24.2 Å². The molecule has 1 spiro atoms. The predicted octanol–water partition coefficient (Wildman–Crippen LogP) is 3.68. The molecular weight excluding hydrogens is 382 g/mol. The maximum Gasteiger partial charge on any atom is 0.304 e. The molecule has 30 heavy (non-hydrogen) atoms. The van der Waals surface area contributed by atoms with Crippen molar-refractivity contribution < 1.29 is 24.1 Å². The summed E-state index contributed by atoms with van der Waals surface area (Å²) in [6.45, 7) is 11.2. The summed E-state index contributed by atoms with van der Waals surface area (Å²) < 4.78 is 17.9. The van der Waals surface area contributed by atoms with Crippen LogP contribution in [0.25, 0.3) is 0 Å². The number of ether oxygens (including phenoxy) is 3. The van der Waals surface area contributed by atoms with Gasteiger partial charge in [0.15, 0.2) is 0 Å². The lowest BCUT2D eigenvalue weighted by Gasteiger charge is -2.38. The van der Waals surface area contributed by atoms with Crippen LogP contribution in [0.5, 0.6) is 11.5 Å². The van der Waals surface area contributed by atoms with Gasteiger partial charge in [-0.1, -0.05) is 25.3 Å². The third-order valence-electron chi connectivity index (χ3n) is 6.41. The Kier molecular flexibility index (Phi) is 5.86. The van der Waals surface area contributed by atoms with Crippen LogP contribution in [0.2, 0.25) is 0 Å². The second-order valence-electron chi connectivity index (χ2n) is 8.27. The molecule has 1 N–H and O–H groups in total. The van der Waals surface area contributed by atoms with Crippen LogP contribution in [0.1, 0.15) is 31.2 Å². The molecule has 4 rings (SSSR count). The van der Waals surface area contributed by atoms with Crippen molar-refractivity contribution in [2.45, 2.75) is 37.2 Å². The van der Waals surface area contributed by atoms with Crippen LogP contribution in [0, 0.1) is 0 Å². The van der Waals surface area contributed by atoms with Crippen LogP contribution >= 0.6 is 0 Å². The zero-order valence-corrected chi connectivity index (χ0v) is 17.3. The van der Waals surface area contributed by atoms with Crippen molar-refractivity contribution in [1.29, 1.82) is 0 Å². The van der Waals surface area contributed by atoms with Crippen molar-refractivity contribution in [3.8, 4) is 11.5 Å². The van der Waals surface area contributed by atoms with Crippen LogP contribution in [0.4, 0.5) is 0 Å². The van der Waals surface area contributed by atoms with Crippen LogP contribution in [0.15, 0.2) is 54.8 Å². The van der Waals surface area contributed by atoms with E-state index in [4.69, 9.17) is 19.3 Å². The smallest absolute Gasteiger partial charge is 0.304 e. The summed E-state index contributed by atoms with van der Waals surface area (Å²) in [7, 11) is 0. The van der Waals surface area contributed by atoms with E-state index in [1.165, 1.54) is 5.56 Å². The summed E-state index contributed by atoms with van der Waals surface area (Å²) in [6, 6.07) is 6.12. The van der Waals surface area contributed by atoms with Gasteiger partial charge in [-0.2, -0.15) is 0 Å². The molecule has 0 saturated carbocycles. The van der Waals surface area contributed by atoms with Gasteiger partial charge in [-0.3, -0.25) is 4.79 Å². The molecule has 0 radical (unpaired) electrons. The van der Waals surface area contributed by atoms with Gasteiger partial charge in [0, 0.05) is 30.0 Å². The lowest BCUT2D eigenvalue weighted by atomic mass is 9.74. The van der Waals surface area contributed by atoms with Gasteiger partial charge in [-0.15, -0.1) is 0 Å². The van der Waals surface area contributed by atoms with E-state index < -0.39 is 5.97 Å². The minimum atomic E-state index is -0.738. The van der Waals surface area contributed by atoms with Gasteiger partial charge in [0.1, 0.15) is 30.0 Å². The molecule has 0 bridgehead atoms. The van der Waals surface area contributed by atoms with Crippen LogP contribution < -0.4 is 9.47 Å². The Bertz CT molecular complexity index is 846. The zero-order chi connectivity index (χ0) is 21.1. The molecule has 0 aliphatic carbocycles. The Labute approximate surface area is 177 Å². The Morgan fingerprint density at radius 1 is 1.30 bits per heavy atom. The monoisotopic (exact) mass is 411 g/mol. The first-order valence-corrected chi connectivity index (χ1v) is 10.5. The number of piperidine rings is 1. The Morgan fingerprint density at radius 2 is 2.10 bits per heavy atom. The number of hydrogen-bond acceptors (Lipinski definition) is 5. The highest BCUT2D eigenvalue weighted by molar-refractivity contribution is 5.66. The fourth-order valence-corrected chi connectivity index (χ4v) is 4.60. The van der Waals surface area contributed by atoms with E-state index >= 15 is 0 Å². The molecule has 1 unspecified atom stereocenters. The van der Waals surface area contributed by atoms with Crippen LogP contribution in [-0.4, -0.2) is 54.9 Å². The molecule has 0 amide bonds. The van der Waals surface area contributed by atoms with Gasteiger partial charge in [-0.25, -0.2) is 0 Å². The zero-order valence-electron chi connectivity index (χ0n) is 17.3. The minimum absolute atomic E-state index is 0.0315. The van der Waals surface area contributed by atoms with Gasteiger partial charge in [0.2, 0.25) is 0 Å². The molecule has 3 heterocycles. The summed E-state index contributed by atoms with van der Waals surface area (Å²) in [5.41, 5.74) is 2.34. The van der Waals surface area contributed by atoms with Gasteiger partial charge in [0.25, 0.3) is 0 Å². The summed E-state index contributed by atoms with van der Waals surface area (Å²) in [5, 5.41) is 8.89. The second-order valence-corrected chi connectivity index (χ2v) is 8.27. The van der Waals surface area contributed by atoms with E-state index in [1.54, 1.807) is 6.08 Å². The quantitative estimate of drug-likeness (QED) is 0.704. The number of benzene rings is 1. The van der Waals surface area contributed by atoms with E-state index in [1.807, 2.05) is 18.2 Å². The maximum atomic E-state index is 10.8. The topological polar surface area (TPSA) is 68.2 Å². The molecule has 1 aromatic carbocycles. The summed E-state index contributed by atoms with van der Waals surface area (Å²) >= 11 is 0. The van der Waals surface area contributed by atoms with E-state index in [9.17, 15) is 4.79 Å². The number of allylic oxidation sites excluding steroid dienone is 2.